The monoisotopic (exact) mass is 353 g/mol. The second-order valence-corrected chi connectivity index (χ2v) is 6.06. The fourth-order valence-corrected chi connectivity index (χ4v) is 2.57. The molecule has 25 heavy (non-hydrogen) atoms. The van der Waals surface area contributed by atoms with Crippen LogP contribution >= 0.6 is 11.6 Å². The minimum absolute atomic E-state index is 0.513. The summed E-state index contributed by atoms with van der Waals surface area (Å²) in [6.45, 7) is 1.20. The van der Waals surface area contributed by atoms with Gasteiger partial charge < -0.3 is 14.8 Å². The summed E-state index contributed by atoms with van der Waals surface area (Å²) in [6, 6.07) is 23.7. The van der Waals surface area contributed by atoms with E-state index in [1.807, 2.05) is 72.8 Å². The Morgan fingerprint density at radius 2 is 1.60 bits per heavy atom. The SMILES string of the molecule is COc1cc(CNc2ccc(Cl)cc2)ccc1OCc1ccccc1. The highest BCUT2D eigenvalue weighted by molar-refractivity contribution is 6.30. The summed E-state index contributed by atoms with van der Waals surface area (Å²) in [4.78, 5) is 0. The number of ether oxygens (including phenoxy) is 2. The smallest absolute Gasteiger partial charge is 0.161 e. The van der Waals surface area contributed by atoms with E-state index in [4.69, 9.17) is 21.1 Å². The number of methoxy groups -OCH3 is 1. The van der Waals surface area contributed by atoms with Crippen LogP contribution in [0, 0.1) is 0 Å². The van der Waals surface area contributed by atoms with Crippen molar-refractivity contribution in [2.75, 3.05) is 12.4 Å². The van der Waals surface area contributed by atoms with Crippen molar-refractivity contribution in [2.45, 2.75) is 13.2 Å². The quantitative estimate of drug-likeness (QED) is 0.605. The average Bonchev–Trinajstić information content (AvgIpc) is 2.67. The van der Waals surface area contributed by atoms with Gasteiger partial charge in [0.1, 0.15) is 6.61 Å². The number of hydrogen-bond donors (Lipinski definition) is 1. The molecule has 3 rings (SSSR count). The fourth-order valence-electron chi connectivity index (χ4n) is 2.45. The zero-order chi connectivity index (χ0) is 17.5. The first-order valence-electron chi connectivity index (χ1n) is 8.07. The maximum atomic E-state index is 5.90. The Balaban J connectivity index is 1.63. The molecule has 0 saturated carbocycles. The van der Waals surface area contributed by atoms with E-state index in [0.717, 1.165) is 33.3 Å². The van der Waals surface area contributed by atoms with Gasteiger partial charge in [-0.05, 0) is 47.5 Å². The van der Waals surface area contributed by atoms with Crippen LogP contribution in [-0.4, -0.2) is 7.11 Å². The molecule has 0 heterocycles. The molecule has 0 unspecified atom stereocenters. The summed E-state index contributed by atoms with van der Waals surface area (Å²) in [7, 11) is 1.65. The molecule has 0 atom stereocenters. The predicted molar refractivity (Wildman–Crippen MR) is 103 cm³/mol. The number of nitrogens with one attached hydrogen (secondary N) is 1. The van der Waals surface area contributed by atoms with Gasteiger partial charge in [0.2, 0.25) is 0 Å². The number of anilines is 1. The Hall–Kier alpha value is -2.65. The summed E-state index contributed by atoms with van der Waals surface area (Å²) in [5.74, 6) is 1.47. The Kier molecular flexibility index (Phi) is 5.81. The molecular formula is C21H20ClNO2. The lowest BCUT2D eigenvalue weighted by molar-refractivity contribution is 0.284. The molecule has 128 valence electrons. The Bertz CT molecular complexity index is 804. The molecule has 4 heteroatoms. The lowest BCUT2D eigenvalue weighted by Crippen LogP contribution is -2.01. The van der Waals surface area contributed by atoms with Crippen molar-refractivity contribution in [1.82, 2.24) is 0 Å². The first-order chi connectivity index (χ1) is 12.2. The van der Waals surface area contributed by atoms with Crippen molar-refractivity contribution in [3.63, 3.8) is 0 Å². The topological polar surface area (TPSA) is 30.5 Å². The molecule has 0 spiro atoms. The van der Waals surface area contributed by atoms with Crippen molar-refractivity contribution >= 4 is 17.3 Å². The van der Waals surface area contributed by atoms with Crippen molar-refractivity contribution < 1.29 is 9.47 Å². The van der Waals surface area contributed by atoms with Gasteiger partial charge in [-0.25, -0.2) is 0 Å². The fraction of sp³-hybridized carbons (Fsp3) is 0.143. The average molecular weight is 354 g/mol. The highest BCUT2D eigenvalue weighted by Crippen LogP contribution is 2.29. The van der Waals surface area contributed by atoms with Crippen LogP contribution in [0.5, 0.6) is 11.5 Å². The third-order valence-electron chi connectivity index (χ3n) is 3.81. The van der Waals surface area contributed by atoms with Crippen LogP contribution in [0.1, 0.15) is 11.1 Å². The molecule has 0 radical (unpaired) electrons. The molecule has 1 N–H and O–H groups in total. The van der Waals surface area contributed by atoms with Gasteiger partial charge in [0.25, 0.3) is 0 Å². The lowest BCUT2D eigenvalue weighted by atomic mass is 10.2. The molecule has 0 fully saturated rings. The molecule has 0 aliphatic heterocycles. The van der Waals surface area contributed by atoms with Crippen molar-refractivity contribution in [3.05, 3.63) is 88.9 Å². The van der Waals surface area contributed by atoms with E-state index in [9.17, 15) is 0 Å². The van der Waals surface area contributed by atoms with Gasteiger partial charge in [-0.2, -0.15) is 0 Å². The van der Waals surface area contributed by atoms with Crippen LogP contribution in [0.25, 0.3) is 0 Å². The van der Waals surface area contributed by atoms with Gasteiger partial charge in [0.15, 0.2) is 11.5 Å². The van der Waals surface area contributed by atoms with E-state index in [-0.39, 0.29) is 0 Å². The minimum Gasteiger partial charge on any atom is -0.493 e. The Morgan fingerprint density at radius 3 is 2.32 bits per heavy atom. The number of halogens is 1. The molecular weight excluding hydrogens is 334 g/mol. The van der Waals surface area contributed by atoms with Gasteiger partial charge >= 0.3 is 0 Å². The summed E-state index contributed by atoms with van der Waals surface area (Å²) in [5, 5.41) is 4.09. The molecule has 3 aromatic carbocycles. The molecule has 0 bridgehead atoms. The third kappa shape index (κ3) is 4.91. The molecule has 0 aromatic heterocycles. The largest absolute Gasteiger partial charge is 0.493 e. The van der Waals surface area contributed by atoms with E-state index in [1.165, 1.54) is 0 Å². The maximum absolute atomic E-state index is 5.90. The maximum Gasteiger partial charge on any atom is 0.161 e. The summed E-state index contributed by atoms with van der Waals surface area (Å²) < 4.78 is 11.4. The number of hydrogen-bond acceptors (Lipinski definition) is 3. The molecule has 0 aliphatic carbocycles. The zero-order valence-corrected chi connectivity index (χ0v) is 14.8. The minimum atomic E-state index is 0.513. The second kappa shape index (κ2) is 8.45. The van der Waals surface area contributed by atoms with Gasteiger partial charge in [0, 0.05) is 17.3 Å². The van der Waals surface area contributed by atoms with E-state index >= 15 is 0 Å². The highest BCUT2D eigenvalue weighted by Gasteiger charge is 2.06. The first-order valence-corrected chi connectivity index (χ1v) is 8.45. The van der Waals surface area contributed by atoms with Gasteiger partial charge in [-0.1, -0.05) is 48.0 Å². The van der Waals surface area contributed by atoms with E-state index < -0.39 is 0 Å². The van der Waals surface area contributed by atoms with Crippen molar-refractivity contribution in [1.29, 1.82) is 0 Å². The normalized spacial score (nSPS) is 10.3. The Morgan fingerprint density at radius 1 is 0.840 bits per heavy atom. The lowest BCUT2D eigenvalue weighted by Gasteiger charge is -2.13. The van der Waals surface area contributed by atoms with Crippen LogP contribution in [0.15, 0.2) is 72.8 Å². The number of benzene rings is 3. The third-order valence-corrected chi connectivity index (χ3v) is 4.06. The second-order valence-electron chi connectivity index (χ2n) is 5.62. The summed E-state index contributed by atoms with van der Waals surface area (Å²) >= 11 is 5.90. The zero-order valence-electron chi connectivity index (χ0n) is 14.0. The first kappa shape index (κ1) is 17.2. The molecule has 0 saturated heterocycles. The standard InChI is InChI=1S/C21H20ClNO2/c1-24-21-13-17(14-23-19-10-8-18(22)9-11-19)7-12-20(21)25-15-16-5-3-2-4-6-16/h2-13,23H,14-15H2,1H3. The summed E-state index contributed by atoms with van der Waals surface area (Å²) in [6.07, 6.45) is 0. The molecule has 3 aromatic rings. The van der Waals surface area contributed by atoms with Crippen LogP contribution < -0.4 is 14.8 Å². The van der Waals surface area contributed by atoms with E-state index in [0.29, 0.717) is 13.2 Å². The highest BCUT2D eigenvalue weighted by atomic mass is 35.5. The van der Waals surface area contributed by atoms with Gasteiger partial charge in [-0.3, -0.25) is 0 Å². The van der Waals surface area contributed by atoms with Gasteiger partial charge in [-0.15, -0.1) is 0 Å². The van der Waals surface area contributed by atoms with Crippen molar-refractivity contribution in [2.24, 2.45) is 0 Å². The predicted octanol–water partition coefficient (Wildman–Crippen LogP) is 5.54. The van der Waals surface area contributed by atoms with Crippen LogP contribution in [-0.2, 0) is 13.2 Å². The Labute approximate surface area is 153 Å². The van der Waals surface area contributed by atoms with Crippen LogP contribution in [0.3, 0.4) is 0 Å². The van der Waals surface area contributed by atoms with Crippen LogP contribution in [0.2, 0.25) is 5.02 Å². The molecule has 0 amide bonds. The van der Waals surface area contributed by atoms with Crippen molar-refractivity contribution in [3.8, 4) is 11.5 Å². The van der Waals surface area contributed by atoms with Crippen LogP contribution in [0.4, 0.5) is 5.69 Å². The van der Waals surface area contributed by atoms with E-state index in [1.54, 1.807) is 7.11 Å². The molecule has 3 nitrogen and oxygen atoms in total. The van der Waals surface area contributed by atoms with Gasteiger partial charge in [0.05, 0.1) is 7.11 Å². The summed E-state index contributed by atoms with van der Waals surface area (Å²) in [5.41, 5.74) is 3.25. The number of rotatable bonds is 7. The molecule has 0 aliphatic rings. The van der Waals surface area contributed by atoms with E-state index in [2.05, 4.69) is 5.32 Å².